The van der Waals surface area contributed by atoms with Crippen molar-refractivity contribution in [1.29, 1.82) is 0 Å². The van der Waals surface area contributed by atoms with Crippen LogP contribution < -0.4 is 5.32 Å². The highest BCUT2D eigenvalue weighted by Crippen LogP contribution is 2.25. The molecule has 4 rings (SSSR count). The van der Waals surface area contributed by atoms with E-state index in [1.165, 1.54) is 6.26 Å². The topological polar surface area (TPSA) is 62.6 Å². The SMILES string of the molecule is Cc1cccc(CNC(=O)C2Cc3ccccc3CN2C(=O)c2ccco2)c1. The third kappa shape index (κ3) is 3.69. The summed E-state index contributed by atoms with van der Waals surface area (Å²) in [5, 5.41) is 2.99. The molecule has 3 aromatic rings. The van der Waals surface area contributed by atoms with Gasteiger partial charge in [0.05, 0.1) is 6.26 Å². The van der Waals surface area contributed by atoms with Gasteiger partial charge in [0.25, 0.3) is 5.91 Å². The van der Waals surface area contributed by atoms with Crippen LogP contribution >= 0.6 is 0 Å². The van der Waals surface area contributed by atoms with Gasteiger partial charge in [-0.3, -0.25) is 9.59 Å². The molecule has 0 radical (unpaired) electrons. The summed E-state index contributed by atoms with van der Waals surface area (Å²) in [6.45, 7) is 2.84. The van der Waals surface area contributed by atoms with Crippen LogP contribution in [0.2, 0.25) is 0 Å². The number of benzene rings is 2. The van der Waals surface area contributed by atoms with Gasteiger partial charge in [-0.05, 0) is 35.7 Å². The number of hydrogen-bond donors (Lipinski definition) is 1. The second-order valence-corrected chi connectivity index (χ2v) is 7.11. The number of carbonyl (C=O) groups is 2. The normalized spacial score (nSPS) is 15.8. The van der Waals surface area contributed by atoms with Crippen LogP contribution in [0.1, 0.15) is 32.8 Å². The molecule has 0 aliphatic carbocycles. The molecule has 0 saturated heterocycles. The predicted octanol–water partition coefficient (Wildman–Crippen LogP) is 3.47. The standard InChI is InChI=1S/C23H22N2O3/c1-16-6-4-7-17(12-16)14-24-22(26)20-13-18-8-2-3-9-19(18)15-25(20)23(27)21-10-5-11-28-21/h2-12,20H,13-15H2,1H3,(H,24,26). The van der Waals surface area contributed by atoms with Crippen LogP contribution in [0.15, 0.2) is 71.3 Å². The van der Waals surface area contributed by atoms with Gasteiger partial charge in [-0.2, -0.15) is 0 Å². The van der Waals surface area contributed by atoms with E-state index >= 15 is 0 Å². The summed E-state index contributed by atoms with van der Waals surface area (Å²) in [7, 11) is 0. The largest absolute Gasteiger partial charge is 0.459 e. The van der Waals surface area contributed by atoms with E-state index in [2.05, 4.69) is 5.32 Å². The molecular weight excluding hydrogens is 352 g/mol. The van der Waals surface area contributed by atoms with Gasteiger partial charge in [-0.1, -0.05) is 54.1 Å². The fourth-order valence-electron chi connectivity index (χ4n) is 3.64. The lowest BCUT2D eigenvalue weighted by molar-refractivity contribution is -0.126. The number of hydrogen-bond acceptors (Lipinski definition) is 3. The van der Waals surface area contributed by atoms with Crippen LogP contribution in [0.4, 0.5) is 0 Å². The molecule has 0 spiro atoms. The Kier molecular flexibility index (Phi) is 4.98. The average molecular weight is 374 g/mol. The minimum atomic E-state index is -0.572. The van der Waals surface area contributed by atoms with Gasteiger partial charge in [0.1, 0.15) is 6.04 Å². The van der Waals surface area contributed by atoms with E-state index in [9.17, 15) is 9.59 Å². The summed E-state index contributed by atoms with van der Waals surface area (Å²) in [6, 6.07) is 18.7. The molecule has 142 valence electrons. The van der Waals surface area contributed by atoms with Crippen molar-refractivity contribution in [3.8, 4) is 0 Å². The average Bonchev–Trinajstić information content (AvgIpc) is 3.25. The van der Waals surface area contributed by atoms with Crippen molar-refractivity contribution >= 4 is 11.8 Å². The third-order valence-electron chi connectivity index (χ3n) is 5.09. The minimum Gasteiger partial charge on any atom is -0.459 e. The van der Waals surface area contributed by atoms with E-state index in [1.54, 1.807) is 17.0 Å². The summed E-state index contributed by atoms with van der Waals surface area (Å²) in [4.78, 5) is 27.6. The number of amides is 2. The second kappa shape index (κ2) is 7.72. The second-order valence-electron chi connectivity index (χ2n) is 7.11. The number of nitrogens with one attached hydrogen (secondary N) is 1. The number of carbonyl (C=O) groups excluding carboxylic acids is 2. The molecule has 28 heavy (non-hydrogen) atoms. The molecule has 1 aliphatic rings. The Labute approximate surface area is 164 Å². The Hall–Kier alpha value is -3.34. The van der Waals surface area contributed by atoms with Gasteiger partial charge in [-0.25, -0.2) is 0 Å². The van der Waals surface area contributed by atoms with Gasteiger partial charge in [0.15, 0.2) is 5.76 Å². The zero-order valence-electron chi connectivity index (χ0n) is 15.7. The lowest BCUT2D eigenvalue weighted by atomic mass is 9.93. The zero-order chi connectivity index (χ0) is 19.5. The molecule has 1 aromatic heterocycles. The first kappa shape index (κ1) is 18.0. The Morgan fingerprint density at radius 2 is 1.89 bits per heavy atom. The summed E-state index contributed by atoms with van der Waals surface area (Å²) in [6.07, 6.45) is 1.96. The lowest BCUT2D eigenvalue weighted by Crippen LogP contribution is -2.52. The Morgan fingerprint density at radius 3 is 2.64 bits per heavy atom. The highest BCUT2D eigenvalue weighted by atomic mass is 16.3. The Balaban J connectivity index is 1.56. The maximum atomic E-state index is 13.0. The number of nitrogens with zero attached hydrogens (tertiary/aromatic N) is 1. The monoisotopic (exact) mass is 374 g/mol. The van der Waals surface area contributed by atoms with E-state index in [0.717, 1.165) is 22.3 Å². The quantitative estimate of drug-likeness (QED) is 0.761. The fourth-order valence-corrected chi connectivity index (χ4v) is 3.64. The van der Waals surface area contributed by atoms with Gasteiger partial charge in [-0.15, -0.1) is 0 Å². The first-order valence-corrected chi connectivity index (χ1v) is 9.36. The molecule has 0 saturated carbocycles. The maximum Gasteiger partial charge on any atom is 0.290 e. The molecule has 2 aromatic carbocycles. The summed E-state index contributed by atoms with van der Waals surface area (Å²) >= 11 is 0. The van der Waals surface area contributed by atoms with Crippen LogP contribution in [-0.2, 0) is 24.3 Å². The van der Waals surface area contributed by atoms with Crippen LogP contribution in [0.25, 0.3) is 0 Å². The molecule has 5 nitrogen and oxygen atoms in total. The Bertz CT molecular complexity index is 995. The van der Waals surface area contributed by atoms with Crippen molar-refractivity contribution in [3.05, 3.63) is 94.9 Å². The Morgan fingerprint density at radius 1 is 1.07 bits per heavy atom. The summed E-state index contributed by atoms with van der Waals surface area (Å²) in [5.74, 6) is -0.179. The van der Waals surface area contributed by atoms with E-state index in [-0.39, 0.29) is 17.6 Å². The first-order valence-electron chi connectivity index (χ1n) is 9.36. The zero-order valence-corrected chi connectivity index (χ0v) is 15.7. The number of rotatable bonds is 4. The number of fused-ring (bicyclic) bond motifs is 1. The molecule has 1 unspecified atom stereocenters. The van der Waals surface area contributed by atoms with Crippen molar-refractivity contribution in [1.82, 2.24) is 10.2 Å². The van der Waals surface area contributed by atoms with E-state index < -0.39 is 6.04 Å². The van der Waals surface area contributed by atoms with Crippen molar-refractivity contribution in [2.75, 3.05) is 0 Å². The summed E-state index contributed by atoms with van der Waals surface area (Å²) < 4.78 is 5.28. The maximum absolute atomic E-state index is 13.0. The van der Waals surface area contributed by atoms with Crippen LogP contribution in [0.3, 0.4) is 0 Å². The van der Waals surface area contributed by atoms with Crippen molar-refractivity contribution < 1.29 is 14.0 Å². The molecule has 2 heterocycles. The van der Waals surface area contributed by atoms with Crippen molar-refractivity contribution in [3.63, 3.8) is 0 Å². The lowest BCUT2D eigenvalue weighted by Gasteiger charge is -2.35. The molecule has 0 fully saturated rings. The highest BCUT2D eigenvalue weighted by molar-refractivity contribution is 5.96. The van der Waals surface area contributed by atoms with Crippen LogP contribution in [0, 0.1) is 6.92 Å². The number of aryl methyl sites for hydroxylation is 1. The van der Waals surface area contributed by atoms with Crippen molar-refractivity contribution in [2.24, 2.45) is 0 Å². The van der Waals surface area contributed by atoms with Gasteiger partial charge < -0.3 is 14.6 Å². The van der Waals surface area contributed by atoms with E-state index in [1.807, 2.05) is 55.5 Å². The first-order chi connectivity index (χ1) is 13.6. The summed E-state index contributed by atoms with van der Waals surface area (Å²) in [5.41, 5.74) is 4.34. The highest BCUT2D eigenvalue weighted by Gasteiger charge is 2.35. The fraction of sp³-hybridized carbons (Fsp3) is 0.217. The smallest absolute Gasteiger partial charge is 0.290 e. The van der Waals surface area contributed by atoms with Gasteiger partial charge in [0.2, 0.25) is 5.91 Å². The molecule has 1 atom stereocenters. The number of furan rings is 1. The third-order valence-corrected chi connectivity index (χ3v) is 5.09. The van der Waals surface area contributed by atoms with E-state index in [4.69, 9.17) is 4.42 Å². The molecular formula is C23H22N2O3. The van der Waals surface area contributed by atoms with Crippen LogP contribution in [0.5, 0.6) is 0 Å². The molecule has 0 bridgehead atoms. The molecule has 2 amide bonds. The molecule has 1 N–H and O–H groups in total. The molecule has 5 heteroatoms. The van der Waals surface area contributed by atoms with Crippen LogP contribution in [-0.4, -0.2) is 22.8 Å². The van der Waals surface area contributed by atoms with E-state index in [0.29, 0.717) is 19.5 Å². The van der Waals surface area contributed by atoms with Crippen molar-refractivity contribution in [2.45, 2.75) is 32.5 Å². The minimum absolute atomic E-state index is 0.157. The molecule has 1 aliphatic heterocycles. The van der Waals surface area contributed by atoms with Gasteiger partial charge in [0, 0.05) is 19.5 Å². The predicted molar refractivity (Wildman–Crippen MR) is 106 cm³/mol. The van der Waals surface area contributed by atoms with Gasteiger partial charge >= 0.3 is 0 Å².